The van der Waals surface area contributed by atoms with Gasteiger partial charge in [-0.05, 0) is 54.9 Å². The van der Waals surface area contributed by atoms with Crippen LogP contribution in [0.5, 0.6) is 5.75 Å². The van der Waals surface area contributed by atoms with Crippen molar-refractivity contribution in [1.82, 2.24) is 5.32 Å². The average Bonchev–Trinajstić information content (AvgIpc) is 3.19. The van der Waals surface area contributed by atoms with Crippen molar-refractivity contribution in [2.45, 2.75) is 25.3 Å². The largest absolute Gasteiger partial charge is 0.496 e. The molecule has 0 radical (unpaired) electrons. The molecule has 4 atom stereocenters. The van der Waals surface area contributed by atoms with Gasteiger partial charge < -0.3 is 15.8 Å². The highest BCUT2D eigenvalue weighted by atomic mass is 19.1. The van der Waals surface area contributed by atoms with Crippen molar-refractivity contribution in [1.29, 1.82) is 0 Å². The first-order valence-corrected chi connectivity index (χ1v) is 7.46. The quantitative estimate of drug-likeness (QED) is 0.864. The van der Waals surface area contributed by atoms with E-state index in [4.69, 9.17) is 10.5 Å². The number of amides is 1. The summed E-state index contributed by atoms with van der Waals surface area (Å²) in [4.78, 5) is 12.2. The van der Waals surface area contributed by atoms with Crippen LogP contribution in [0.25, 0.3) is 0 Å². The van der Waals surface area contributed by atoms with E-state index in [1.165, 1.54) is 12.1 Å². The van der Waals surface area contributed by atoms with Gasteiger partial charge in [-0.2, -0.15) is 0 Å². The Bertz CT molecular complexity index is 549. The molecule has 5 heteroatoms. The predicted molar refractivity (Wildman–Crippen MR) is 77.3 cm³/mol. The van der Waals surface area contributed by atoms with Crippen molar-refractivity contribution in [3.8, 4) is 5.75 Å². The Kier molecular flexibility index (Phi) is 3.85. The normalized spacial score (nSPS) is 29.9. The summed E-state index contributed by atoms with van der Waals surface area (Å²) in [6, 6.07) is 4.62. The number of fused-ring (bicyclic) bond motifs is 1. The second-order valence-corrected chi connectivity index (χ2v) is 6.07. The lowest BCUT2D eigenvalue weighted by atomic mass is 10.0. The fourth-order valence-electron chi connectivity index (χ4n) is 3.53. The summed E-state index contributed by atoms with van der Waals surface area (Å²) in [5, 5.41) is 2.95. The maximum absolute atomic E-state index is 13.3. The Morgan fingerprint density at radius 2 is 2.24 bits per heavy atom. The zero-order chi connectivity index (χ0) is 15.0. The van der Waals surface area contributed by atoms with E-state index in [0.717, 1.165) is 18.4 Å². The summed E-state index contributed by atoms with van der Waals surface area (Å²) in [6.45, 7) is 0.488. The van der Waals surface area contributed by atoms with Gasteiger partial charge in [-0.3, -0.25) is 4.79 Å². The SMILES string of the molecule is COc1ccc(F)cc1CCNC(=O)[C@@H]1C[C@H](N)[C@H]2C[C@H]21. The van der Waals surface area contributed by atoms with E-state index in [0.29, 0.717) is 30.6 Å². The fraction of sp³-hybridized carbons (Fsp3) is 0.562. The lowest BCUT2D eigenvalue weighted by molar-refractivity contribution is -0.125. The highest BCUT2D eigenvalue weighted by Gasteiger charge is 2.55. The van der Waals surface area contributed by atoms with Gasteiger partial charge in [0, 0.05) is 18.5 Å². The number of ether oxygens (including phenoxy) is 1. The Morgan fingerprint density at radius 3 is 2.86 bits per heavy atom. The van der Waals surface area contributed by atoms with Gasteiger partial charge in [-0.25, -0.2) is 4.39 Å². The molecule has 1 aromatic carbocycles. The minimum atomic E-state index is -0.292. The summed E-state index contributed by atoms with van der Waals surface area (Å²) in [7, 11) is 1.56. The van der Waals surface area contributed by atoms with E-state index >= 15 is 0 Å². The molecular formula is C16H21FN2O2. The van der Waals surface area contributed by atoms with Crippen LogP contribution in [0, 0.1) is 23.6 Å². The van der Waals surface area contributed by atoms with Gasteiger partial charge >= 0.3 is 0 Å². The van der Waals surface area contributed by atoms with Crippen LogP contribution in [0.3, 0.4) is 0 Å². The second-order valence-electron chi connectivity index (χ2n) is 6.07. The van der Waals surface area contributed by atoms with E-state index < -0.39 is 0 Å². The number of nitrogens with two attached hydrogens (primary N) is 1. The van der Waals surface area contributed by atoms with Crippen LogP contribution in [0.4, 0.5) is 4.39 Å². The highest BCUT2D eigenvalue weighted by molar-refractivity contribution is 5.80. The van der Waals surface area contributed by atoms with Crippen molar-refractivity contribution >= 4 is 5.91 Å². The molecule has 4 nitrogen and oxygen atoms in total. The molecule has 2 saturated carbocycles. The zero-order valence-electron chi connectivity index (χ0n) is 12.1. The molecule has 3 N–H and O–H groups in total. The number of hydrogen-bond acceptors (Lipinski definition) is 3. The molecule has 0 spiro atoms. The molecule has 0 aliphatic heterocycles. The molecule has 21 heavy (non-hydrogen) atoms. The molecule has 2 aliphatic rings. The van der Waals surface area contributed by atoms with Gasteiger partial charge in [0.25, 0.3) is 0 Å². The number of rotatable bonds is 5. The van der Waals surface area contributed by atoms with Gasteiger partial charge in [0.05, 0.1) is 7.11 Å². The first-order valence-electron chi connectivity index (χ1n) is 7.46. The molecule has 1 amide bonds. The number of benzene rings is 1. The van der Waals surface area contributed by atoms with Crippen LogP contribution in [-0.2, 0) is 11.2 Å². The molecule has 114 valence electrons. The van der Waals surface area contributed by atoms with E-state index in [2.05, 4.69) is 5.32 Å². The number of carbonyl (C=O) groups is 1. The Labute approximate surface area is 123 Å². The van der Waals surface area contributed by atoms with Gasteiger partial charge in [-0.15, -0.1) is 0 Å². The van der Waals surface area contributed by atoms with Gasteiger partial charge in [0.15, 0.2) is 0 Å². The third-order valence-corrected chi connectivity index (χ3v) is 4.76. The smallest absolute Gasteiger partial charge is 0.223 e. The van der Waals surface area contributed by atoms with Crippen LogP contribution >= 0.6 is 0 Å². The molecule has 2 aliphatic carbocycles. The first kappa shape index (κ1) is 14.3. The van der Waals surface area contributed by atoms with E-state index in [1.54, 1.807) is 13.2 Å². The van der Waals surface area contributed by atoms with E-state index in [9.17, 15) is 9.18 Å². The lowest BCUT2D eigenvalue weighted by Gasteiger charge is -2.14. The zero-order valence-corrected chi connectivity index (χ0v) is 12.1. The van der Waals surface area contributed by atoms with Gasteiger partial charge in [0.1, 0.15) is 11.6 Å². The van der Waals surface area contributed by atoms with Crippen LogP contribution in [0.2, 0.25) is 0 Å². The second kappa shape index (κ2) is 5.64. The van der Waals surface area contributed by atoms with Crippen LogP contribution in [0.1, 0.15) is 18.4 Å². The third kappa shape index (κ3) is 2.88. The molecular weight excluding hydrogens is 271 g/mol. The minimum absolute atomic E-state index is 0.0689. The molecule has 0 aromatic heterocycles. The predicted octanol–water partition coefficient (Wildman–Crippen LogP) is 1.48. The molecule has 3 rings (SSSR count). The number of methoxy groups -OCH3 is 1. The summed E-state index contributed by atoms with van der Waals surface area (Å²) in [6.07, 6.45) is 2.45. The molecule has 0 unspecified atom stereocenters. The molecule has 0 saturated heterocycles. The standard InChI is InChI=1S/C16H21FN2O2/c1-21-15-3-2-10(17)6-9(15)4-5-19-16(20)13-8-14(18)12-7-11(12)13/h2-3,6,11-14H,4-5,7-8,18H2,1H3,(H,19,20)/t11-,12+,13-,14+/m1/s1. The summed E-state index contributed by atoms with van der Waals surface area (Å²) >= 11 is 0. The van der Waals surface area contributed by atoms with Crippen molar-refractivity contribution in [2.24, 2.45) is 23.5 Å². The lowest BCUT2D eigenvalue weighted by Crippen LogP contribution is -2.34. The highest BCUT2D eigenvalue weighted by Crippen LogP contribution is 2.54. The maximum Gasteiger partial charge on any atom is 0.223 e. The Hall–Kier alpha value is -1.62. The summed E-state index contributed by atoms with van der Waals surface area (Å²) in [5.74, 6) is 1.56. The van der Waals surface area contributed by atoms with Crippen molar-refractivity contribution < 1.29 is 13.9 Å². The van der Waals surface area contributed by atoms with Crippen LogP contribution < -0.4 is 15.8 Å². The monoisotopic (exact) mass is 292 g/mol. The molecule has 0 heterocycles. The minimum Gasteiger partial charge on any atom is -0.496 e. The summed E-state index contributed by atoms with van der Waals surface area (Å²) < 4.78 is 18.5. The summed E-state index contributed by atoms with van der Waals surface area (Å²) in [5.41, 5.74) is 6.75. The number of carbonyl (C=O) groups excluding carboxylic acids is 1. The van der Waals surface area contributed by atoms with Crippen molar-refractivity contribution in [3.63, 3.8) is 0 Å². The molecule has 1 aromatic rings. The molecule has 0 bridgehead atoms. The van der Waals surface area contributed by atoms with Crippen molar-refractivity contribution in [2.75, 3.05) is 13.7 Å². The fourth-order valence-corrected chi connectivity index (χ4v) is 3.53. The van der Waals surface area contributed by atoms with E-state index in [1.807, 2.05) is 0 Å². The van der Waals surface area contributed by atoms with Gasteiger partial charge in [0.2, 0.25) is 5.91 Å². The van der Waals surface area contributed by atoms with Crippen LogP contribution in [0.15, 0.2) is 18.2 Å². The van der Waals surface area contributed by atoms with E-state index in [-0.39, 0.29) is 23.7 Å². The van der Waals surface area contributed by atoms with Crippen molar-refractivity contribution in [3.05, 3.63) is 29.6 Å². The number of halogens is 1. The average molecular weight is 292 g/mol. The Morgan fingerprint density at radius 1 is 1.43 bits per heavy atom. The number of hydrogen-bond donors (Lipinski definition) is 2. The first-order chi connectivity index (χ1) is 10.1. The van der Waals surface area contributed by atoms with Crippen LogP contribution in [-0.4, -0.2) is 25.6 Å². The maximum atomic E-state index is 13.3. The molecule has 2 fully saturated rings. The van der Waals surface area contributed by atoms with Gasteiger partial charge in [-0.1, -0.05) is 0 Å². The number of nitrogens with one attached hydrogen (secondary N) is 1. The topological polar surface area (TPSA) is 64.3 Å². The Balaban J connectivity index is 1.52. The third-order valence-electron chi connectivity index (χ3n) is 4.76.